The van der Waals surface area contributed by atoms with Gasteiger partial charge in [0, 0.05) is 23.8 Å². The Morgan fingerprint density at radius 1 is 1.26 bits per heavy atom. The van der Waals surface area contributed by atoms with Gasteiger partial charge in [-0.05, 0) is 41.5 Å². The number of carbonyl (C=O) groups excluding carboxylic acids is 2. The first-order valence-electron chi connectivity index (χ1n) is 7.54. The Bertz CT molecular complexity index is 385. The predicted octanol–water partition coefficient (Wildman–Crippen LogP) is 2.59. The van der Waals surface area contributed by atoms with Gasteiger partial charge in [0.05, 0.1) is 6.61 Å². The van der Waals surface area contributed by atoms with Crippen molar-refractivity contribution in [3.05, 3.63) is 24.8 Å². The van der Waals surface area contributed by atoms with Crippen molar-refractivity contribution < 1.29 is 23.8 Å². The average molecular weight is 329 g/mol. The van der Waals surface area contributed by atoms with Gasteiger partial charge < -0.3 is 14.2 Å². The van der Waals surface area contributed by atoms with Crippen LogP contribution in [-0.2, 0) is 23.8 Å². The highest BCUT2D eigenvalue weighted by atomic mass is 16.6. The Labute approximate surface area is 139 Å². The van der Waals surface area contributed by atoms with Gasteiger partial charge in [0.1, 0.15) is 6.61 Å². The summed E-state index contributed by atoms with van der Waals surface area (Å²) in [6.45, 7) is 19.5. The SMILES string of the molecule is C=C(C)C(=O)OC(C)NC(C)(C)C.C=CC(=O)OCCOCC. The molecule has 0 aliphatic rings. The van der Waals surface area contributed by atoms with Gasteiger partial charge in [-0.3, -0.25) is 5.32 Å². The largest absolute Gasteiger partial charge is 0.460 e. The molecular weight excluding hydrogens is 298 g/mol. The number of ether oxygens (including phenoxy) is 3. The summed E-state index contributed by atoms with van der Waals surface area (Å²) in [7, 11) is 0. The van der Waals surface area contributed by atoms with E-state index in [1.807, 2.05) is 27.7 Å². The van der Waals surface area contributed by atoms with Crippen LogP contribution in [0.2, 0.25) is 0 Å². The first kappa shape index (κ1) is 23.6. The van der Waals surface area contributed by atoms with Gasteiger partial charge in [0.2, 0.25) is 0 Å². The number of rotatable bonds is 8. The number of carbonyl (C=O) groups is 2. The fraction of sp³-hybridized carbons (Fsp3) is 0.647. The lowest BCUT2D eigenvalue weighted by molar-refractivity contribution is -0.145. The first-order chi connectivity index (χ1) is 10.5. The summed E-state index contributed by atoms with van der Waals surface area (Å²) in [5.41, 5.74) is 0.358. The summed E-state index contributed by atoms with van der Waals surface area (Å²) in [6, 6.07) is 0. The van der Waals surface area contributed by atoms with E-state index in [-0.39, 0.29) is 17.7 Å². The molecule has 0 rings (SSSR count). The highest BCUT2D eigenvalue weighted by Gasteiger charge is 2.16. The Hall–Kier alpha value is -1.66. The topological polar surface area (TPSA) is 73.9 Å². The number of hydrogen-bond acceptors (Lipinski definition) is 6. The molecule has 0 aromatic carbocycles. The Morgan fingerprint density at radius 3 is 2.22 bits per heavy atom. The molecule has 0 fully saturated rings. The van der Waals surface area contributed by atoms with Crippen molar-refractivity contribution in [3.63, 3.8) is 0 Å². The lowest BCUT2D eigenvalue weighted by Crippen LogP contribution is -2.44. The molecule has 1 atom stereocenters. The first-order valence-corrected chi connectivity index (χ1v) is 7.54. The van der Waals surface area contributed by atoms with Crippen molar-refractivity contribution in [3.8, 4) is 0 Å². The molecule has 6 nitrogen and oxygen atoms in total. The predicted molar refractivity (Wildman–Crippen MR) is 90.9 cm³/mol. The average Bonchev–Trinajstić information content (AvgIpc) is 2.41. The van der Waals surface area contributed by atoms with Gasteiger partial charge in [0.25, 0.3) is 0 Å². The second kappa shape index (κ2) is 12.8. The number of esters is 2. The molecular formula is C17H31NO5. The van der Waals surface area contributed by atoms with Crippen LogP contribution in [0.4, 0.5) is 0 Å². The normalized spacial score (nSPS) is 11.6. The molecule has 0 aliphatic heterocycles. The highest BCUT2D eigenvalue weighted by molar-refractivity contribution is 5.87. The van der Waals surface area contributed by atoms with Crippen molar-refractivity contribution in [2.24, 2.45) is 0 Å². The summed E-state index contributed by atoms with van der Waals surface area (Å²) in [6.07, 6.45) is 0.843. The molecule has 0 aliphatic carbocycles. The molecule has 1 N–H and O–H groups in total. The van der Waals surface area contributed by atoms with Crippen LogP contribution < -0.4 is 5.32 Å². The lowest BCUT2D eigenvalue weighted by Gasteiger charge is -2.25. The minimum atomic E-state index is -0.403. The van der Waals surface area contributed by atoms with Gasteiger partial charge >= 0.3 is 11.9 Å². The van der Waals surface area contributed by atoms with E-state index < -0.39 is 5.97 Å². The fourth-order valence-corrected chi connectivity index (χ4v) is 1.30. The van der Waals surface area contributed by atoms with Crippen LogP contribution in [-0.4, -0.2) is 43.5 Å². The second-order valence-corrected chi connectivity index (χ2v) is 5.79. The molecule has 0 aromatic heterocycles. The van der Waals surface area contributed by atoms with Gasteiger partial charge in [-0.25, -0.2) is 9.59 Å². The summed E-state index contributed by atoms with van der Waals surface area (Å²) >= 11 is 0. The fourth-order valence-electron chi connectivity index (χ4n) is 1.30. The van der Waals surface area contributed by atoms with E-state index in [9.17, 15) is 9.59 Å². The Balaban J connectivity index is 0. The molecule has 6 heteroatoms. The van der Waals surface area contributed by atoms with Crippen LogP contribution in [0, 0.1) is 0 Å². The van der Waals surface area contributed by atoms with E-state index in [4.69, 9.17) is 9.47 Å². The van der Waals surface area contributed by atoms with Crippen LogP contribution in [0.5, 0.6) is 0 Å². The zero-order chi connectivity index (χ0) is 18.5. The quantitative estimate of drug-likeness (QED) is 0.319. The molecule has 0 aromatic rings. The van der Waals surface area contributed by atoms with Crippen molar-refractivity contribution in [1.82, 2.24) is 5.32 Å². The monoisotopic (exact) mass is 329 g/mol. The van der Waals surface area contributed by atoms with E-state index in [0.717, 1.165) is 6.08 Å². The minimum absolute atomic E-state index is 0.0607. The maximum atomic E-state index is 11.1. The summed E-state index contributed by atoms with van der Waals surface area (Å²) in [5.74, 6) is -0.760. The molecule has 0 saturated carbocycles. The third-order valence-corrected chi connectivity index (χ3v) is 2.11. The van der Waals surface area contributed by atoms with Crippen molar-refractivity contribution >= 4 is 11.9 Å². The zero-order valence-electron chi connectivity index (χ0n) is 15.2. The van der Waals surface area contributed by atoms with Crippen molar-refractivity contribution in [1.29, 1.82) is 0 Å². The van der Waals surface area contributed by atoms with Crippen molar-refractivity contribution in [2.45, 2.75) is 53.3 Å². The van der Waals surface area contributed by atoms with E-state index in [2.05, 4.69) is 23.2 Å². The van der Waals surface area contributed by atoms with Crippen LogP contribution in [0.15, 0.2) is 24.8 Å². The maximum absolute atomic E-state index is 11.1. The zero-order valence-corrected chi connectivity index (χ0v) is 15.2. The Kier molecular flexibility index (Phi) is 13.2. The van der Waals surface area contributed by atoms with E-state index in [0.29, 0.717) is 25.4 Å². The number of hydrogen-bond donors (Lipinski definition) is 1. The van der Waals surface area contributed by atoms with Gasteiger partial charge in [-0.2, -0.15) is 0 Å². The molecule has 0 bridgehead atoms. The molecule has 0 saturated heterocycles. The van der Waals surface area contributed by atoms with E-state index in [1.165, 1.54) is 0 Å². The van der Waals surface area contributed by atoms with E-state index in [1.54, 1.807) is 13.8 Å². The maximum Gasteiger partial charge on any atom is 0.334 e. The van der Waals surface area contributed by atoms with Crippen molar-refractivity contribution in [2.75, 3.05) is 19.8 Å². The van der Waals surface area contributed by atoms with Crippen LogP contribution in [0.1, 0.15) is 41.5 Å². The van der Waals surface area contributed by atoms with Gasteiger partial charge in [-0.15, -0.1) is 0 Å². The third kappa shape index (κ3) is 18.3. The second-order valence-electron chi connectivity index (χ2n) is 5.79. The molecule has 0 amide bonds. The highest BCUT2D eigenvalue weighted by Crippen LogP contribution is 2.03. The molecule has 23 heavy (non-hydrogen) atoms. The van der Waals surface area contributed by atoms with Gasteiger partial charge in [-0.1, -0.05) is 13.2 Å². The summed E-state index contributed by atoms with van der Waals surface area (Å²) in [4.78, 5) is 21.5. The third-order valence-electron chi connectivity index (χ3n) is 2.11. The standard InChI is InChI=1S/C10H19NO2.C7H12O3/c1-7(2)9(12)13-8(3)11-10(4,5)6;1-3-7(8)10-6-5-9-4-2/h8,11H,1H2,2-6H3;3H,1,4-6H2,2H3. The van der Waals surface area contributed by atoms with E-state index >= 15 is 0 Å². The summed E-state index contributed by atoms with van der Waals surface area (Å²) < 4.78 is 14.6. The smallest absolute Gasteiger partial charge is 0.334 e. The molecule has 0 spiro atoms. The van der Waals surface area contributed by atoms with Crippen LogP contribution in [0.25, 0.3) is 0 Å². The molecule has 134 valence electrons. The molecule has 1 unspecified atom stereocenters. The lowest BCUT2D eigenvalue weighted by atomic mass is 10.1. The minimum Gasteiger partial charge on any atom is -0.460 e. The molecule has 0 radical (unpaired) electrons. The van der Waals surface area contributed by atoms with Gasteiger partial charge in [0.15, 0.2) is 6.23 Å². The number of nitrogens with one attached hydrogen (secondary N) is 1. The molecule has 0 heterocycles. The van der Waals surface area contributed by atoms with Crippen LogP contribution >= 0.6 is 0 Å². The van der Waals surface area contributed by atoms with Crippen LogP contribution in [0.3, 0.4) is 0 Å². The summed E-state index contributed by atoms with van der Waals surface area (Å²) in [5, 5.41) is 3.12. The Morgan fingerprint density at radius 2 is 1.83 bits per heavy atom.